The van der Waals surface area contributed by atoms with E-state index in [-0.39, 0.29) is 10.1 Å². The summed E-state index contributed by atoms with van der Waals surface area (Å²) >= 11 is 1.80. The number of hydrogen-bond acceptors (Lipinski definition) is 5. The molecule has 0 amide bonds. The number of allylic oxidation sites excluding steroid dienone is 2. The Morgan fingerprint density at radius 3 is 1.86 bits per heavy atom. The maximum absolute atomic E-state index is 10.7. The molecule has 0 saturated heterocycles. The maximum Gasteiger partial charge on any atom is 0.192 e. The minimum atomic E-state index is -1.92. The van der Waals surface area contributed by atoms with Gasteiger partial charge in [0.25, 0.3) is 0 Å². The topological polar surface area (TPSA) is 47.9 Å². The molecule has 0 saturated carbocycles. The lowest BCUT2D eigenvalue weighted by Crippen LogP contribution is -2.41. The predicted molar refractivity (Wildman–Crippen MR) is 192 cm³/mol. The van der Waals surface area contributed by atoms with E-state index in [9.17, 15) is 5.11 Å². The molecule has 0 aliphatic carbocycles. The van der Waals surface area contributed by atoms with Crippen molar-refractivity contribution in [1.82, 2.24) is 0 Å². The summed E-state index contributed by atoms with van der Waals surface area (Å²) in [5.41, 5.74) is 3.14. The summed E-state index contributed by atoms with van der Waals surface area (Å²) in [5, 5.41) is 11.0. The molecule has 1 aromatic carbocycles. The molecule has 0 fully saturated rings. The average molecular weight is 647 g/mol. The maximum atomic E-state index is 10.7. The Morgan fingerprint density at radius 1 is 0.791 bits per heavy atom. The molecule has 2 aromatic rings. The van der Waals surface area contributed by atoms with Crippen LogP contribution in [0, 0.1) is 0 Å². The van der Waals surface area contributed by atoms with E-state index < -0.39 is 22.2 Å². The van der Waals surface area contributed by atoms with E-state index in [0.29, 0.717) is 19.8 Å². The summed E-state index contributed by atoms with van der Waals surface area (Å²) in [6.45, 7) is 31.0. The van der Waals surface area contributed by atoms with Crippen molar-refractivity contribution in [2.75, 3.05) is 0 Å². The van der Waals surface area contributed by atoms with Crippen LogP contribution in [-0.2, 0) is 28.7 Å². The molecule has 0 atom stereocenters. The lowest BCUT2D eigenvalue weighted by molar-refractivity contribution is 0.0246. The van der Waals surface area contributed by atoms with Crippen LogP contribution in [-0.4, -0.2) is 27.3 Å². The van der Waals surface area contributed by atoms with Gasteiger partial charge in [0.05, 0.1) is 18.8 Å². The minimum absolute atomic E-state index is 0.148. The molecule has 244 valence electrons. The number of hydrogen-bond donors (Lipinski definition) is 1. The molecule has 1 N–H and O–H groups in total. The Kier molecular flexibility index (Phi) is 13.6. The first-order valence-corrected chi connectivity index (χ1v) is 22.9. The summed E-state index contributed by atoms with van der Waals surface area (Å²) < 4.78 is 19.6. The van der Waals surface area contributed by atoms with E-state index in [2.05, 4.69) is 125 Å². The van der Waals surface area contributed by atoms with Gasteiger partial charge in [0.1, 0.15) is 12.4 Å². The molecule has 1 heterocycles. The van der Waals surface area contributed by atoms with Crippen LogP contribution in [0.4, 0.5) is 0 Å². The molecule has 2 rings (SSSR count). The van der Waals surface area contributed by atoms with Gasteiger partial charge in [0.2, 0.25) is 0 Å². The van der Waals surface area contributed by atoms with Gasteiger partial charge in [0.15, 0.2) is 16.6 Å². The molecule has 0 spiro atoms. The first-order valence-electron chi connectivity index (χ1n) is 16.3. The van der Waals surface area contributed by atoms with Gasteiger partial charge in [0, 0.05) is 9.75 Å². The van der Waals surface area contributed by atoms with Crippen molar-refractivity contribution in [1.29, 1.82) is 0 Å². The van der Waals surface area contributed by atoms with Crippen LogP contribution in [0.2, 0.25) is 36.3 Å². The van der Waals surface area contributed by atoms with Crippen LogP contribution in [0.1, 0.15) is 115 Å². The number of benzene rings is 1. The average Bonchev–Trinajstić information content (AvgIpc) is 3.40. The third-order valence-electron chi connectivity index (χ3n) is 10.0. The molecular weight excluding hydrogens is 585 g/mol. The van der Waals surface area contributed by atoms with Gasteiger partial charge in [-0.1, -0.05) is 74.5 Å². The summed E-state index contributed by atoms with van der Waals surface area (Å²) in [6.07, 6.45) is 6.60. The third-order valence-corrected chi connectivity index (χ3v) is 20.1. The number of aliphatic hydroxyl groups is 1. The first kappa shape index (κ1) is 38.0. The Morgan fingerprint density at radius 2 is 1.35 bits per heavy atom. The zero-order valence-electron chi connectivity index (χ0n) is 29.7. The van der Waals surface area contributed by atoms with Crippen LogP contribution < -0.4 is 4.74 Å². The van der Waals surface area contributed by atoms with Crippen molar-refractivity contribution in [3.8, 4) is 5.75 Å². The van der Waals surface area contributed by atoms with Gasteiger partial charge in [-0.05, 0) is 109 Å². The molecule has 1 aromatic heterocycles. The number of rotatable bonds is 16. The number of ether oxygens (including phenoxy) is 1. The lowest BCUT2D eigenvalue weighted by atomic mass is 9.91. The van der Waals surface area contributed by atoms with Crippen LogP contribution in [0.25, 0.3) is 5.57 Å². The van der Waals surface area contributed by atoms with Crippen molar-refractivity contribution in [3.05, 3.63) is 57.3 Å². The Bertz CT molecular complexity index is 1180. The standard InChI is InChI=1S/C36H62O4SSi2/c1-14-28(18-17-23-36(37,15-2)16-3)33-22-21-32(41-33)27-38-31-20-19-29(25-39-42(10,11)34(4,5)6)30(24-31)26-40-43(12,13)35(7,8)9/h18-22,24,37H,14-17,23,25-27H2,1-13H3/b28-18-. The van der Waals surface area contributed by atoms with E-state index >= 15 is 0 Å². The first-order chi connectivity index (χ1) is 19.8. The number of thiophene rings is 1. The Balaban J connectivity index is 2.19. The molecule has 0 aliphatic rings. The van der Waals surface area contributed by atoms with Gasteiger partial charge < -0.3 is 18.7 Å². The van der Waals surface area contributed by atoms with Gasteiger partial charge in [-0.2, -0.15) is 0 Å². The lowest BCUT2D eigenvalue weighted by Gasteiger charge is -2.37. The minimum Gasteiger partial charge on any atom is -0.488 e. The quantitative estimate of drug-likeness (QED) is 0.184. The highest BCUT2D eigenvalue weighted by atomic mass is 32.1. The summed E-state index contributed by atoms with van der Waals surface area (Å²) in [6, 6.07) is 10.8. The molecule has 0 radical (unpaired) electrons. The largest absolute Gasteiger partial charge is 0.488 e. The predicted octanol–water partition coefficient (Wildman–Crippen LogP) is 11.5. The van der Waals surface area contributed by atoms with E-state index in [1.807, 2.05) is 0 Å². The second-order valence-corrected chi connectivity index (χ2v) is 25.9. The smallest absolute Gasteiger partial charge is 0.192 e. The van der Waals surface area contributed by atoms with E-state index in [1.165, 1.54) is 20.9 Å². The Hall–Kier alpha value is -1.23. The van der Waals surface area contributed by atoms with Crippen molar-refractivity contribution >= 4 is 33.5 Å². The summed E-state index contributed by atoms with van der Waals surface area (Å²) in [4.78, 5) is 2.50. The second-order valence-electron chi connectivity index (χ2n) is 15.1. The van der Waals surface area contributed by atoms with Gasteiger partial charge in [-0.3, -0.25) is 0 Å². The summed E-state index contributed by atoms with van der Waals surface area (Å²) in [5.74, 6) is 0.865. The second kappa shape index (κ2) is 15.4. The third kappa shape index (κ3) is 11.0. The normalized spacial score (nSPS) is 14.0. The fraction of sp³-hybridized carbons (Fsp3) is 0.667. The molecule has 0 aliphatic heterocycles. The molecule has 0 unspecified atom stereocenters. The van der Waals surface area contributed by atoms with Gasteiger partial charge in [-0.15, -0.1) is 11.3 Å². The molecule has 43 heavy (non-hydrogen) atoms. The molecule has 7 heteroatoms. The van der Waals surface area contributed by atoms with Gasteiger partial charge in [-0.25, -0.2) is 0 Å². The zero-order chi connectivity index (χ0) is 32.7. The molecule has 4 nitrogen and oxygen atoms in total. The van der Waals surface area contributed by atoms with Crippen LogP contribution >= 0.6 is 11.3 Å². The van der Waals surface area contributed by atoms with E-state index in [0.717, 1.165) is 43.4 Å². The highest BCUT2D eigenvalue weighted by molar-refractivity contribution is 7.13. The van der Waals surface area contributed by atoms with Crippen molar-refractivity contribution in [3.63, 3.8) is 0 Å². The van der Waals surface area contributed by atoms with Crippen LogP contribution in [0.5, 0.6) is 5.75 Å². The van der Waals surface area contributed by atoms with Crippen LogP contribution in [0.3, 0.4) is 0 Å². The van der Waals surface area contributed by atoms with E-state index in [1.54, 1.807) is 11.3 Å². The fourth-order valence-corrected chi connectivity index (χ4v) is 7.17. The van der Waals surface area contributed by atoms with Gasteiger partial charge >= 0.3 is 0 Å². The molecule has 0 bridgehead atoms. The monoisotopic (exact) mass is 646 g/mol. The zero-order valence-corrected chi connectivity index (χ0v) is 32.5. The van der Waals surface area contributed by atoms with Crippen molar-refractivity contribution < 1.29 is 18.7 Å². The molecular formula is C36H62O4SSi2. The van der Waals surface area contributed by atoms with Crippen molar-refractivity contribution in [2.45, 2.75) is 156 Å². The highest BCUT2D eigenvalue weighted by Crippen LogP contribution is 2.39. The Labute approximate surface area is 270 Å². The SMILES string of the molecule is CC/C(=C/CCC(O)(CC)CC)c1ccc(COc2ccc(CO[Si](C)(C)C(C)(C)C)c(CO[Si](C)(C)C(C)(C)C)c2)s1. The van der Waals surface area contributed by atoms with E-state index in [4.69, 9.17) is 13.6 Å². The fourth-order valence-electron chi connectivity index (χ4n) is 4.24. The van der Waals surface area contributed by atoms with Crippen molar-refractivity contribution in [2.24, 2.45) is 0 Å². The highest BCUT2D eigenvalue weighted by Gasteiger charge is 2.38. The summed E-state index contributed by atoms with van der Waals surface area (Å²) in [7, 11) is -3.80. The van der Waals surface area contributed by atoms with Crippen LogP contribution in [0.15, 0.2) is 36.4 Å².